The molecule has 0 radical (unpaired) electrons. The van der Waals surface area contributed by atoms with Crippen LogP contribution in [0.25, 0.3) is 0 Å². The minimum Gasteiger partial charge on any atom is -0.389 e. The van der Waals surface area contributed by atoms with E-state index in [1.54, 1.807) is 5.57 Å². The number of allylic oxidation sites excluding steroid dienone is 1. The van der Waals surface area contributed by atoms with Crippen molar-refractivity contribution in [3.8, 4) is 0 Å². The van der Waals surface area contributed by atoms with Gasteiger partial charge in [-0.05, 0) is 84.1 Å². The Morgan fingerprint density at radius 2 is 1.67 bits per heavy atom. The number of rotatable bonds is 1. The van der Waals surface area contributed by atoms with Crippen molar-refractivity contribution in [2.75, 3.05) is 0 Å². The summed E-state index contributed by atoms with van der Waals surface area (Å²) in [5.41, 5.74) is 3.59. The van der Waals surface area contributed by atoms with Crippen LogP contribution in [0.4, 0.5) is 0 Å². The van der Waals surface area contributed by atoms with Gasteiger partial charge in [0.2, 0.25) is 0 Å². The molecule has 2 heteroatoms. The Bertz CT molecular complexity index is 629. The summed E-state index contributed by atoms with van der Waals surface area (Å²) in [5.74, 6) is 2.78. The van der Waals surface area contributed by atoms with Crippen LogP contribution in [0.2, 0.25) is 23.7 Å². The standard InChI is InChI=1S/C25H44OSi/c1-23(2,3)27(6,7)22-11-10-20-19-9-8-17-16-18(26)12-14-24(17,4)21(19)13-15-25(20,22)5/h16,18-22,26H,8-15H2,1-7H3/t18?,19-,20-,21+,22?,24-,25-/m0/s1. The van der Waals surface area contributed by atoms with Gasteiger partial charge in [-0.3, -0.25) is 0 Å². The summed E-state index contributed by atoms with van der Waals surface area (Å²) in [5, 5.41) is 10.7. The summed E-state index contributed by atoms with van der Waals surface area (Å²) in [6.07, 6.45) is 12.8. The Balaban J connectivity index is 1.64. The summed E-state index contributed by atoms with van der Waals surface area (Å²) < 4.78 is 0. The molecular weight excluding hydrogens is 344 g/mol. The molecule has 0 aromatic rings. The van der Waals surface area contributed by atoms with Crippen molar-refractivity contribution in [1.29, 1.82) is 0 Å². The maximum atomic E-state index is 10.2. The van der Waals surface area contributed by atoms with Crippen molar-refractivity contribution in [2.24, 2.45) is 28.6 Å². The maximum Gasteiger partial charge on any atom is 0.0724 e. The maximum absolute atomic E-state index is 10.2. The van der Waals surface area contributed by atoms with Crippen LogP contribution in [0.15, 0.2) is 11.6 Å². The van der Waals surface area contributed by atoms with E-state index in [1.807, 2.05) is 0 Å². The second-order valence-electron chi connectivity index (χ2n) is 12.8. The van der Waals surface area contributed by atoms with Gasteiger partial charge in [0.15, 0.2) is 0 Å². The topological polar surface area (TPSA) is 20.2 Å². The van der Waals surface area contributed by atoms with Gasteiger partial charge in [-0.2, -0.15) is 0 Å². The largest absolute Gasteiger partial charge is 0.389 e. The fraction of sp³-hybridized carbons (Fsp3) is 0.920. The predicted octanol–water partition coefficient (Wildman–Crippen LogP) is 7.19. The van der Waals surface area contributed by atoms with Gasteiger partial charge in [-0.15, -0.1) is 0 Å². The molecule has 0 aliphatic heterocycles. The van der Waals surface area contributed by atoms with Crippen LogP contribution in [0.3, 0.4) is 0 Å². The molecule has 0 amide bonds. The molecule has 7 atom stereocenters. The minimum absolute atomic E-state index is 0.173. The lowest BCUT2D eigenvalue weighted by Crippen LogP contribution is -2.53. The van der Waals surface area contributed by atoms with Crippen molar-refractivity contribution < 1.29 is 5.11 Å². The molecule has 0 aromatic carbocycles. The Kier molecular flexibility index (Phi) is 4.64. The molecule has 27 heavy (non-hydrogen) atoms. The smallest absolute Gasteiger partial charge is 0.0724 e. The lowest BCUT2D eigenvalue weighted by Gasteiger charge is -2.60. The second-order valence-corrected chi connectivity index (χ2v) is 18.4. The van der Waals surface area contributed by atoms with Crippen LogP contribution < -0.4 is 0 Å². The third kappa shape index (κ3) is 2.79. The summed E-state index contributed by atoms with van der Waals surface area (Å²) in [6, 6.07) is 0. The monoisotopic (exact) mass is 388 g/mol. The lowest BCUT2D eigenvalue weighted by atomic mass is 9.47. The van der Waals surface area contributed by atoms with E-state index in [-0.39, 0.29) is 6.10 Å². The second kappa shape index (κ2) is 6.21. The van der Waals surface area contributed by atoms with Crippen molar-refractivity contribution >= 4 is 8.07 Å². The zero-order chi connectivity index (χ0) is 19.8. The van der Waals surface area contributed by atoms with Crippen molar-refractivity contribution in [3.63, 3.8) is 0 Å². The molecule has 3 saturated carbocycles. The first-order chi connectivity index (χ1) is 12.4. The van der Waals surface area contributed by atoms with E-state index in [4.69, 9.17) is 0 Å². The molecule has 0 bridgehead atoms. The van der Waals surface area contributed by atoms with Crippen molar-refractivity contribution in [2.45, 2.75) is 116 Å². The molecule has 0 spiro atoms. The summed E-state index contributed by atoms with van der Waals surface area (Å²) in [4.78, 5) is 0. The summed E-state index contributed by atoms with van der Waals surface area (Å²) in [7, 11) is -1.32. The molecule has 4 aliphatic carbocycles. The molecule has 154 valence electrons. The Morgan fingerprint density at radius 1 is 0.963 bits per heavy atom. The Labute approximate surface area is 169 Å². The molecule has 0 aromatic heterocycles. The number of fused-ring (bicyclic) bond motifs is 5. The third-order valence-electron chi connectivity index (χ3n) is 10.9. The first-order valence-electron chi connectivity index (χ1n) is 11.8. The van der Waals surface area contributed by atoms with Gasteiger partial charge < -0.3 is 5.11 Å². The molecule has 4 rings (SSSR count). The van der Waals surface area contributed by atoms with Crippen LogP contribution >= 0.6 is 0 Å². The molecule has 1 N–H and O–H groups in total. The number of aliphatic hydroxyl groups excluding tert-OH is 1. The van der Waals surface area contributed by atoms with Crippen LogP contribution in [0, 0.1) is 28.6 Å². The molecule has 2 unspecified atom stereocenters. The zero-order valence-corrected chi connectivity index (χ0v) is 20.1. The van der Waals surface area contributed by atoms with Gasteiger partial charge in [0.05, 0.1) is 14.2 Å². The van der Waals surface area contributed by atoms with E-state index in [1.165, 1.54) is 44.9 Å². The zero-order valence-electron chi connectivity index (χ0n) is 19.1. The average Bonchev–Trinajstić information content (AvgIpc) is 2.92. The quantitative estimate of drug-likeness (QED) is 0.372. The summed E-state index contributed by atoms with van der Waals surface area (Å²) in [6.45, 7) is 18.2. The number of hydrogen-bond donors (Lipinski definition) is 1. The van der Waals surface area contributed by atoms with Gasteiger partial charge in [-0.1, -0.05) is 65.8 Å². The van der Waals surface area contributed by atoms with Crippen molar-refractivity contribution in [3.05, 3.63) is 11.6 Å². The normalized spacial score (nSPS) is 47.7. The van der Waals surface area contributed by atoms with Crippen molar-refractivity contribution in [1.82, 2.24) is 0 Å². The Hall–Kier alpha value is -0.0831. The van der Waals surface area contributed by atoms with E-state index in [0.717, 1.165) is 29.7 Å². The molecule has 4 aliphatic rings. The highest BCUT2D eigenvalue weighted by Crippen LogP contribution is 2.71. The molecular formula is C25H44OSi. The molecule has 0 heterocycles. The fourth-order valence-corrected chi connectivity index (χ4v) is 12.4. The van der Waals surface area contributed by atoms with E-state index >= 15 is 0 Å². The van der Waals surface area contributed by atoms with E-state index in [0.29, 0.717) is 15.9 Å². The van der Waals surface area contributed by atoms with E-state index in [2.05, 4.69) is 53.8 Å². The molecule has 0 saturated heterocycles. The van der Waals surface area contributed by atoms with Crippen LogP contribution in [-0.2, 0) is 0 Å². The third-order valence-corrected chi connectivity index (χ3v) is 17.4. The average molecular weight is 389 g/mol. The minimum atomic E-state index is -1.32. The molecule has 3 fully saturated rings. The fourth-order valence-electron chi connectivity index (χ4n) is 8.42. The van der Waals surface area contributed by atoms with Gasteiger partial charge in [0.1, 0.15) is 0 Å². The number of aliphatic hydroxyl groups is 1. The highest BCUT2D eigenvalue weighted by molar-refractivity contribution is 6.81. The van der Waals surface area contributed by atoms with Gasteiger partial charge in [0, 0.05) is 0 Å². The predicted molar refractivity (Wildman–Crippen MR) is 119 cm³/mol. The SMILES string of the molecule is CC(C)(C)[Si](C)(C)C1CC[C@H]2[C@@H]3CCC4=CC(O)CC[C@]4(C)[C@@H]3CC[C@]12C. The first-order valence-corrected chi connectivity index (χ1v) is 14.9. The lowest BCUT2D eigenvalue weighted by molar-refractivity contribution is -0.0418. The first kappa shape index (κ1) is 20.2. The van der Waals surface area contributed by atoms with Crippen LogP contribution in [0.1, 0.15) is 86.0 Å². The van der Waals surface area contributed by atoms with Gasteiger partial charge in [0.25, 0.3) is 0 Å². The highest BCUT2D eigenvalue weighted by atomic mass is 28.3. The summed E-state index contributed by atoms with van der Waals surface area (Å²) >= 11 is 0. The van der Waals surface area contributed by atoms with Crippen LogP contribution in [-0.4, -0.2) is 19.3 Å². The van der Waals surface area contributed by atoms with Crippen LogP contribution in [0.5, 0.6) is 0 Å². The van der Waals surface area contributed by atoms with Gasteiger partial charge in [-0.25, -0.2) is 0 Å². The highest BCUT2D eigenvalue weighted by Gasteiger charge is 2.62. The van der Waals surface area contributed by atoms with E-state index < -0.39 is 8.07 Å². The van der Waals surface area contributed by atoms with E-state index in [9.17, 15) is 5.11 Å². The number of hydrogen-bond acceptors (Lipinski definition) is 1. The van der Waals surface area contributed by atoms with Gasteiger partial charge >= 0.3 is 0 Å². The Morgan fingerprint density at radius 3 is 2.33 bits per heavy atom. The molecule has 1 nitrogen and oxygen atoms in total.